The van der Waals surface area contributed by atoms with Crippen molar-refractivity contribution in [2.45, 2.75) is 18.2 Å². The minimum absolute atomic E-state index is 0.00152. The molecular weight excluding hydrogens is 446 g/mol. The van der Waals surface area contributed by atoms with E-state index in [1.54, 1.807) is 7.05 Å². The van der Waals surface area contributed by atoms with Gasteiger partial charge in [-0.3, -0.25) is 4.68 Å². The third-order valence-electron chi connectivity index (χ3n) is 4.96. The molecular formula is C19H12Cl2F3N3O3. The fraction of sp³-hybridized carbons (Fsp3) is 0.211. The van der Waals surface area contributed by atoms with Gasteiger partial charge < -0.3 is 9.94 Å². The number of fused-ring (bicyclic) bond motifs is 1. The second kappa shape index (κ2) is 6.88. The summed E-state index contributed by atoms with van der Waals surface area (Å²) in [6, 6.07) is 6.28. The molecule has 2 aromatic carbocycles. The standard InChI is InChI=1S/C19H12Cl2F3N3O3/c1-27-16-13(17(28)29)3-2-12(14(16)8-25-27)15-7-18(30-26-15,19(22,23)24)9-4-10(20)6-11(21)5-9/h2-6,8H,7H2,1H3,(H,28,29). The molecule has 1 unspecified atom stereocenters. The third-order valence-corrected chi connectivity index (χ3v) is 5.39. The third kappa shape index (κ3) is 3.09. The highest BCUT2D eigenvalue weighted by Gasteiger charge is 2.62. The number of aryl methyl sites for hydroxylation is 1. The van der Waals surface area contributed by atoms with E-state index in [0.717, 1.165) is 12.1 Å². The zero-order valence-corrected chi connectivity index (χ0v) is 16.7. The van der Waals surface area contributed by atoms with Crippen LogP contribution in [0.15, 0.2) is 41.7 Å². The highest BCUT2D eigenvalue weighted by atomic mass is 35.5. The molecule has 0 saturated carbocycles. The van der Waals surface area contributed by atoms with Crippen LogP contribution in [-0.2, 0) is 17.5 Å². The van der Waals surface area contributed by atoms with Crippen LogP contribution < -0.4 is 0 Å². The molecule has 4 rings (SSSR count). The molecule has 156 valence electrons. The summed E-state index contributed by atoms with van der Waals surface area (Å²) in [6.45, 7) is 0. The summed E-state index contributed by atoms with van der Waals surface area (Å²) in [5.74, 6) is -1.18. The van der Waals surface area contributed by atoms with E-state index in [4.69, 9.17) is 28.0 Å². The first kappa shape index (κ1) is 20.5. The minimum atomic E-state index is -4.83. The molecule has 1 N–H and O–H groups in total. The Labute approximate surface area is 177 Å². The van der Waals surface area contributed by atoms with E-state index in [1.807, 2.05) is 0 Å². The lowest BCUT2D eigenvalue weighted by atomic mass is 9.86. The zero-order chi connectivity index (χ0) is 21.8. The summed E-state index contributed by atoms with van der Waals surface area (Å²) in [4.78, 5) is 16.5. The molecule has 1 aromatic heterocycles. The van der Waals surface area contributed by atoms with E-state index in [1.165, 1.54) is 29.1 Å². The summed E-state index contributed by atoms with van der Waals surface area (Å²) >= 11 is 11.8. The molecule has 3 aromatic rings. The minimum Gasteiger partial charge on any atom is -0.478 e. The largest absolute Gasteiger partial charge is 0.478 e. The van der Waals surface area contributed by atoms with Gasteiger partial charge in [-0.25, -0.2) is 4.79 Å². The van der Waals surface area contributed by atoms with Crippen LogP contribution in [0.5, 0.6) is 0 Å². The van der Waals surface area contributed by atoms with Crippen LogP contribution in [0.2, 0.25) is 10.0 Å². The maximum atomic E-state index is 14.2. The predicted octanol–water partition coefficient (Wildman–Crippen LogP) is 5.16. The summed E-state index contributed by atoms with van der Waals surface area (Å²) in [5, 5.41) is 17.6. The molecule has 30 heavy (non-hydrogen) atoms. The van der Waals surface area contributed by atoms with Crippen LogP contribution in [0.25, 0.3) is 10.9 Å². The van der Waals surface area contributed by atoms with E-state index in [9.17, 15) is 23.1 Å². The van der Waals surface area contributed by atoms with E-state index in [0.29, 0.717) is 10.9 Å². The number of hydrogen-bond donors (Lipinski definition) is 1. The average Bonchev–Trinajstić information content (AvgIpc) is 3.25. The first-order chi connectivity index (χ1) is 14.0. The average molecular weight is 458 g/mol. The monoisotopic (exact) mass is 457 g/mol. The molecule has 1 atom stereocenters. The molecule has 0 aliphatic carbocycles. The molecule has 1 aliphatic heterocycles. The first-order valence-corrected chi connectivity index (χ1v) is 9.26. The molecule has 0 saturated heterocycles. The van der Waals surface area contributed by atoms with Crippen molar-refractivity contribution in [2.24, 2.45) is 12.2 Å². The summed E-state index contributed by atoms with van der Waals surface area (Å²) < 4.78 is 43.8. The SMILES string of the molecule is Cn1ncc2c(C3=NOC(c4cc(Cl)cc(Cl)c4)(C(F)(F)F)C3)ccc(C(=O)O)c21. The van der Waals surface area contributed by atoms with Crippen molar-refractivity contribution >= 4 is 45.8 Å². The number of aromatic nitrogens is 2. The fourth-order valence-electron chi connectivity index (χ4n) is 3.55. The summed E-state index contributed by atoms with van der Waals surface area (Å²) in [7, 11) is 1.54. The maximum absolute atomic E-state index is 14.2. The van der Waals surface area contributed by atoms with Gasteiger partial charge >= 0.3 is 12.1 Å². The number of benzene rings is 2. The number of carbonyl (C=O) groups is 1. The van der Waals surface area contributed by atoms with E-state index >= 15 is 0 Å². The van der Waals surface area contributed by atoms with Crippen molar-refractivity contribution in [3.05, 3.63) is 63.3 Å². The number of carboxylic acids is 1. The molecule has 1 aliphatic rings. The van der Waals surface area contributed by atoms with Crippen LogP contribution >= 0.6 is 23.2 Å². The molecule has 11 heteroatoms. The van der Waals surface area contributed by atoms with Crippen LogP contribution in [0.4, 0.5) is 13.2 Å². The van der Waals surface area contributed by atoms with Gasteiger partial charge in [0.2, 0.25) is 0 Å². The number of aromatic carboxylic acids is 1. The number of oxime groups is 1. The lowest BCUT2D eigenvalue weighted by Gasteiger charge is -2.29. The number of nitrogens with zero attached hydrogens (tertiary/aromatic N) is 3. The van der Waals surface area contributed by atoms with Gasteiger partial charge in [0.1, 0.15) is 0 Å². The normalized spacial score (nSPS) is 19.1. The lowest BCUT2D eigenvalue weighted by Crippen LogP contribution is -2.42. The van der Waals surface area contributed by atoms with Gasteiger partial charge in [0.15, 0.2) is 0 Å². The van der Waals surface area contributed by atoms with Crippen molar-refractivity contribution in [3.63, 3.8) is 0 Å². The Bertz CT molecular complexity index is 1200. The number of rotatable bonds is 3. The summed E-state index contributed by atoms with van der Waals surface area (Å²) in [5.41, 5.74) is -2.54. The molecule has 0 radical (unpaired) electrons. The van der Waals surface area contributed by atoms with Gasteiger partial charge in [0.25, 0.3) is 5.60 Å². The van der Waals surface area contributed by atoms with E-state index in [-0.39, 0.29) is 32.4 Å². The van der Waals surface area contributed by atoms with Gasteiger partial charge in [-0.05, 0) is 24.3 Å². The molecule has 0 spiro atoms. The Kier molecular flexibility index (Phi) is 4.70. The number of carboxylic acid groups (broad SMARTS) is 1. The Morgan fingerprint density at radius 1 is 1.23 bits per heavy atom. The summed E-state index contributed by atoms with van der Waals surface area (Å²) in [6.07, 6.45) is -4.10. The fourth-order valence-corrected chi connectivity index (χ4v) is 4.07. The van der Waals surface area contributed by atoms with Crippen LogP contribution in [-0.4, -0.2) is 32.7 Å². The van der Waals surface area contributed by atoms with E-state index < -0.39 is 24.2 Å². The van der Waals surface area contributed by atoms with Crippen LogP contribution in [0.3, 0.4) is 0 Å². The highest BCUT2D eigenvalue weighted by molar-refractivity contribution is 6.34. The van der Waals surface area contributed by atoms with Gasteiger partial charge in [-0.1, -0.05) is 34.4 Å². The van der Waals surface area contributed by atoms with Crippen molar-refractivity contribution in [1.29, 1.82) is 0 Å². The molecule has 0 fully saturated rings. The molecule has 2 heterocycles. The molecule has 6 nitrogen and oxygen atoms in total. The van der Waals surface area contributed by atoms with Crippen LogP contribution in [0.1, 0.15) is 27.9 Å². The van der Waals surface area contributed by atoms with E-state index in [2.05, 4.69) is 10.3 Å². The van der Waals surface area contributed by atoms with Crippen molar-refractivity contribution in [2.75, 3.05) is 0 Å². The predicted molar refractivity (Wildman–Crippen MR) is 104 cm³/mol. The smallest absolute Gasteiger partial charge is 0.435 e. The van der Waals surface area contributed by atoms with Crippen LogP contribution in [0, 0.1) is 0 Å². The first-order valence-electron chi connectivity index (χ1n) is 8.50. The van der Waals surface area contributed by atoms with Gasteiger partial charge in [-0.15, -0.1) is 0 Å². The quantitative estimate of drug-likeness (QED) is 0.589. The van der Waals surface area contributed by atoms with Crippen molar-refractivity contribution in [1.82, 2.24) is 9.78 Å². The van der Waals surface area contributed by atoms with Gasteiger partial charge in [-0.2, -0.15) is 18.3 Å². The van der Waals surface area contributed by atoms with Crippen molar-refractivity contribution < 1.29 is 27.9 Å². The number of alkyl halides is 3. The second-order valence-electron chi connectivity index (χ2n) is 6.79. The maximum Gasteiger partial charge on any atom is 0.435 e. The van der Waals surface area contributed by atoms with Gasteiger partial charge in [0, 0.05) is 40.0 Å². The zero-order valence-electron chi connectivity index (χ0n) is 15.2. The van der Waals surface area contributed by atoms with Gasteiger partial charge in [0.05, 0.1) is 23.0 Å². The van der Waals surface area contributed by atoms with Crippen molar-refractivity contribution in [3.8, 4) is 0 Å². The second-order valence-corrected chi connectivity index (χ2v) is 7.66. The highest BCUT2D eigenvalue weighted by Crippen LogP contribution is 2.50. The Morgan fingerprint density at radius 2 is 1.90 bits per heavy atom. The number of hydrogen-bond acceptors (Lipinski definition) is 4. The topological polar surface area (TPSA) is 76.7 Å². The Morgan fingerprint density at radius 3 is 2.50 bits per heavy atom. The molecule has 0 amide bonds. The lowest BCUT2D eigenvalue weighted by molar-refractivity contribution is -0.275. The molecule has 0 bridgehead atoms. The Balaban J connectivity index is 1.84. The Hall–Kier alpha value is -2.78. The number of halogens is 5.